The number of carbonyl (C=O) groups excluding carboxylic acids is 1. The van der Waals surface area contributed by atoms with E-state index in [-0.39, 0.29) is 36.0 Å². The third-order valence-corrected chi connectivity index (χ3v) is 5.44. The van der Waals surface area contributed by atoms with Crippen LogP contribution in [0.5, 0.6) is 5.75 Å². The van der Waals surface area contributed by atoms with Crippen LogP contribution in [-0.4, -0.2) is 12.6 Å². The average Bonchev–Trinajstić information content (AvgIpc) is 2.73. The van der Waals surface area contributed by atoms with E-state index in [9.17, 15) is 10.1 Å². The summed E-state index contributed by atoms with van der Waals surface area (Å²) in [5.74, 6) is -0.644. The van der Waals surface area contributed by atoms with E-state index in [2.05, 4.69) is 22.0 Å². The number of hydrogen-bond acceptors (Lipinski definition) is 6. The van der Waals surface area contributed by atoms with Crippen molar-refractivity contribution in [2.24, 2.45) is 5.73 Å². The van der Waals surface area contributed by atoms with E-state index in [1.54, 1.807) is 38.1 Å². The minimum absolute atomic E-state index is 0.0540. The SMILES string of the molecule is CCOC(=O)C1=C(C)OC(N)=C(C#N)[C@H]1c1cc(Br)ccc1OCc1ccc(Cl)cc1. The van der Waals surface area contributed by atoms with Crippen molar-refractivity contribution in [2.75, 3.05) is 6.61 Å². The van der Waals surface area contributed by atoms with Crippen molar-refractivity contribution in [3.05, 3.63) is 85.9 Å². The molecule has 0 unspecified atom stereocenters. The molecule has 1 heterocycles. The molecule has 0 radical (unpaired) electrons. The molecule has 0 fully saturated rings. The summed E-state index contributed by atoms with van der Waals surface area (Å²) in [6.45, 7) is 3.78. The first-order valence-electron chi connectivity index (χ1n) is 9.47. The molecule has 6 nitrogen and oxygen atoms in total. The highest BCUT2D eigenvalue weighted by Gasteiger charge is 2.38. The van der Waals surface area contributed by atoms with E-state index >= 15 is 0 Å². The van der Waals surface area contributed by atoms with Gasteiger partial charge >= 0.3 is 5.97 Å². The largest absolute Gasteiger partial charge is 0.489 e. The van der Waals surface area contributed by atoms with Crippen molar-refractivity contribution in [3.8, 4) is 11.8 Å². The Labute approximate surface area is 194 Å². The third-order valence-electron chi connectivity index (χ3n) is 4.69. The Morgan fingerprint density at radius 1 is 1.29 bits per heavy atom. The van der Waals surface area contributed by atoms with Crippen LogP contribution < -0.4 is 10.5 Å². The van der Waals surface area contributed by atoms with Crippen molar-refractivity contribution < 1.29 is 19.0 Å². The quantitative estimate of drug-likeness (QED) is 0.536. The van der Waals surface area contributed by atoms with Crippen LogP contribution in [0.15, 0.2) is 69.7 Å². The molecule has 0 spiro atoms. The van der Waals surface area contributed by atoms with Gasteiger partial charge < -0.3 is 19.9 Å². The fraction of sp³-hybridized carbons (Fsp3) is 0.217. The number of carbonyl (C=O) groups is 1. The van der Waals surface area contributed by atoms with E-state index in [0.29, 0.717) is 16.3 Å². The van der Waals surface area contributed by atoms with Gasteiger partial charge in [0.15, 0.2) is 0 Å². The minimum atomic E-state index is -0.796. The van der Waals surface area contributed by atoms with Gasteiger partial charge in [-0.05, 0) is 49.7 Å². The van der Waals surface area contributed by atoms with Crippen molar-refractivity contribution in [1.82, 2.24) is 0 Å². The summed E-state index contributed by atoms with van der Waals surface area (Å²) in [6, 6.07) is 14.8. The molecule has 2 aromatic rings. The zero-order chi connectivity index (χ0) is 22.5. The first-order valence-corrected chi connectivity index (χ1v) is 10.6. The lowest BCUT2D eigenvalue weighted by molar-refractivity contribution is -0.139. The van der Waals surface area contributed by atoms with Crippen LogP contribution in [0.2, 0.25) is 5.02 Å². The van der Waals surface area contributed by atoms with Gasteiger partial charge in [-0.3, -0.25) is 0 Å². The lowest BCUT2D eigenvalue weighted by atomic mass is 9.82. The van der Waals surface area contributed by atoms with Gasteiger partial charge in [0.25, 0.3) is 0 Å². The number of nitriles is 1. The van der Waals surface area contributed by atoms with Crippen molar-refractivity contribution in [1.29, 1.82) is 5.26 Å². The highest BCUT2D eigenvalue weighted by molar-refractivity contribution is 9.10. The smallest absolute Gasteiger partial charge is 0.338 e. The van der Waals surface area contributed by atoms with Crippen molar-refractivity contribution >= 4 is 33.5 Å². The number of rotatable bonds is 6. The number of hydrogen-bond donors (Lipinski definition) is 1. The molecule has 0 aliphatic carbocycles. The number of benzene rings is 2. The second-order valence-corrected chi connectivity index (χ2v) is 8.06. The molecule has 0 bridgehead atoms. The third kappa shape index (κ3) is 5.04. The summed E-state index contributed by atoms with van der Waals surface area (Å²) in [7, 11) is 0. The maximum Gasteiger partial charge on any atom is 0.338 e. The van der Waals surface area contributed by atoms with E-state index < -0.39 is 11.9 Å². The Hall–Kier alpha value is -2.95. The summed E-state index contributed by atoms with van der Waals surface area (Å²) in [5, 5.41) is 10.4. The fourth-order valence-corrected chi connectivity index (χ4v) is 3.79. The summed E-state index contributed by atoms with van der Waals surface area (Å²) < 4.78 is 17.5. The Bertz CT molecular complexity index is 1100. The zero-order valence-corrected chi connectivity index (χ0v) is 19.3. The van der Waals surface area contributed by atoms with Gasteiger partial charge in [-0.25, -0.2) is 4.79 Å². The number of esters is 1. The standard InChI is InChI=1S/C23H20BrClN2O4/c1-3-29-23(28)20-13(2)31-22(27)18(11-26)21(20)17-10-15(24)6-9-19(17)30-12-14-4-7-16(25)8-5-14/h4-10,21H,3,12,27H2,1-2H3/t21-/m1/s1. The number of nitrogens with two attached hydrogens (primary N) is 1. The normalized spacial score (nSPS) is 15.9. The molecular weight excluding hydrogens is 484 g/mol. The molecule has 0 amide bonds. The molecule has 0 saturated carbocycles. The lowest BCUT2D eigenvalue weighted by Crippen LogP contribution is -2.26. The molecule has 1 atom stereocenters. The van der Waals surface area contributed by atoms with Gasteiger partial charge in [0.1, 0.15) is 29.8 Å². The van der Waals surface area contributed by atoms with Gasteiger partial charge in [-0.2, -0.15) is 5.26 Å². The van der Waals surface area contributed by atoms with Gasteiger partial charge in [-0.1, -0.05) is 39.7 Å². The Morgan fingerprint density at radius 2 is 2.00 bits per heavy atom. The summed E-state index contributed by atoms with van der Waals surface area (Å²) >= 11 is 9.41. The van der Waals surface area contributed by atoms with E-state index in [1.807, 2.05) is 18.2 Å². The van der Waals surface area contributed by atoms with Crippen LogP contribution >= 0.6 is 27.5 Å². The first-order chi connectivity index (χ1) is 14.8. The highest BCUT2D eigenvalue weighted by Crippen LogP contribution is 2.44. The topological polar surface area (TPSA) is 94.6 Å². The van der Waals surface area contributed by atoms with E-state index in [1.165, 1.54) is 0 Å². The molecule has 2 N–H and O–H groups in total. The molecular formula is C23H20BrClN2O4. The van der Waals surface area contributed by atoms with E-state index in [4.69, 9.17) is 31.5 Å². The van der Waals surface area contributed by atoms with Crippen LogP contribution in [0.25, 0.3) is 0 Å². The second kappa shape index (κ2) is 9.90. The molecule has 160 valence electrons. The summed E-state index contributed by atoms with van der Waals surface area (Å²) in [6.07, 6.45) is 0. The first kappa shape index (κ1) is 22.7. The van der Waals surface area contributed by atoms with Crippen LogP contribution in [0.1, 0.15) is 30.9 Å². The lowest BCUT2D eigenvalue weighted by Gasteiger charge is -2.28. The highest BCUT2D eigenvalue weighted by atomic mass is 79.9. The minimum Gasteiger partial charge on any atom is -0.489 e. The predicted molar refractivity (Wildman–Crippen MR) is 120 cm³/mol. The van der Waals surface area contributed by atoms with E-state index in [0.717, 1.165) is 10.0 Å². The van der Waals surface area contributed by atoms with Gasteiger partial charge in [-0.15, -0.1) is 0 Å². The Balaban J connectivity index is 2.07. The van der Waals surface area contributed by atoms with Crippen molar-refractivity contribution in [2.45, 2.75) is 26.4 Å². The van der Waals surface area contributed by atoms with Gasteiger partial charge in [0.2, 0.25) is 5.88 Å². The predicted octanol–water partition coefficient (Wildman–Crippen LogP) is 5.33. The summed E-state index contributed by atoms with van der Waals surface area (Å²) in [5.41, 5.74) is 7.83. The van der Waals surface area contributed by atoms with Gasteiger partial charge in [0, 0.05) is 15.1 Å². The number of nitrogens with zero attached hydrogens (tertiary/aromatic N) is 1. The second-order valence-electron chi connectivity index (χ2n) is 6.71. The maximum atomic E-state index is 12.8. The molecule has 8 heteroatoms. The van der Waals surface area contributed by atoms with Crippen molar-refractivity contribution in [3.63, 3.8) is 0 Å². The molecule has 1 aliphatic rings. The fourth-order valence-electron chi connectivity index (χ4n) is 3.28. The molecule has 31 heavy (non-hydrogen) atoms. The zero-order valence-electron chi connectivity index (χ0n) is 16.9. The number of ether oxygens (including phenoxy) is 3. The maximum absolute atomic E-state index is 12.8. The number of allylic oxidation sites excluding steroid dienone is 2. The monoisotopic (exact) mass is 502 g/mol. The van der Waals surface area contributed by atoms with Gasteiger partial charge in [0.05, 0.1) is 18.1 Å². The molecule has 2 aromatic carbocycles. The molecule has 3 rings (SSSR count). The molecule has 0 saturated heterocycles. The van der Waals surface area contributed by atoms with Crippen LogP contribution in [0.3, 0.4) is 0 Å². The van der Waals surface area contributed by atoms with Crippen LogP contribution in [-0.2, 0) is 20.9 Å². The number of halogens is 2. The van der Waals surface area contributed by atoms with Crippen LogP contribution in [0.4, 0.5) is 0 Å². The molecule has 1 aliphatic heterocycles. The average molecular weight is 504 g/mol. The van der Waals surface area contributed by atoms with Crippen LogP contribution in [0, 0.1) is 11.3 Å². The summed E-state index contributed by atoms with van der Waals surface area (Å²) in [4.78, 5) is 12.8. The molecule has 0 aromatic heterocycles. The Morgan fingerprint density at radius 3 is 2.65 bits per heavy atom. The Kier molecular flexibility index (Phi) is 7.26.